The number of methoxy groups -OCH3 is 1. The number of ether oxygens (including phenoxy) is 1. The molecule has 0 spiro atoms. The first-order valence-electron chi connectivity index (χ1n) is 4.45. The number of hydrogen-bond acceptors (Lipinski definition) is 2. The van der Waals surface area contributed by atoms with Crippen molar-refractivity contribution in [1.82, 2.24) is 0 Å². The minimum atomic E-state index is 0.314. The molecule has 0 fully saturated rings. The zero-order chi connectivity index (χ0) is 8.97. The molecule has 0 bridgehead atoms. The first-order chi connectivity index (χ1) is 5.77. The number of rotatable bonds is 3. The second-order valence-corrected chi connectivity index (χ2v) is 3.37. The van der Waals surface area contributed by atoms with Crippen molar-refractivity contribution in [2.45, 2.75) is 32.3 Å². The number of carbonyl (C=O) groups excluding carboxylic acids is 1. The lowest BCUT2D eigenvalue weighted by Gasteiger charge is -2.24. The summed E-state index contributed by atoms with van der Waals surface area (Å²) in [4.78, 5) is 10.4. The normalized spacial score (nSPS) is 26.2. The number of allylic oxidation sites excluding steroid dienone is 2. The summed E-state index contributed by atoms with van der Waals surface area (Å²) in [6.07, 6.45) is 6.31. The molecule has 0 radical (unpaired) electrons. The van der Waals surface area contributed by atoms with Crippen molar-refractivity contribution in [2.75, 3.05) is 7.11 Å². The van der Waals surface area contributed by atoms with E-state index in [2.05, 4.69) is 6.92 Å². The van der Waals surface area contributed by atoms with E-state index in [4.69, 9.17) is 4.74 Å². The van der Waals surface area contributed by atoms with Gasteiger partial charge >= 0.3 is 0 Å². The van der Waals surface area contributed by atoms with Crippen LogP contribution in [-0.4, -0.2) is 19.5 Å². The molecule has 0 amide bonds. The number of aldehydes is 1. The molecule has 2 nitrogen and oxygen atoms in total. The van der Waals surface area contributed by atoms with Gasteiger partial charge in [0, 0.05) is 7.11 Å². The molecule has 0 aromatic rings. The maximum atomic E-state index is 10.4. The Morgan fingerprint density at radius 1 is 1.75 bits per heavy atom. The van der Waals surface area contributed by atoms with Crippen molar-refractivity contribution in [1.29, 1.82) is 0 Å². The molecule has 0 saturated heterocycles. The average Bonchev–Trinajstić information content (AvgIpc) is 2.17. The van der Waals surface area contributed by atoms with E-state index in [0.29, 0.717) is 12.0 Å². The smallest absolute Gasteiger partial charge is 0.145 e. The van der Waals surface area contributed by atoms with Gasteiger partial charge in [0.1, 0.15) is 6.29 Å². The summed E-state index contributed by atoms with van der Waals surface area (Å²) in [5.74, 6) is 0.596. The Labute approximate surface area is 73.6 Å². The topological polar surface area (TPSA) is 26.3 Å². The monoisotopic (exact) mass is 168 g/mol. The molecule has 68 valence electrons. The van der Waals surface area contributed by atoms with Crippen molar-refractivity contribution >= 4 is 6.29 Å². The van der Waals surface area contributed by atoms with Crippen LogP contribution in [0.15, 0.2) is 11.6 Å². The van der Waals surface area contributed by atoms with Gasteiger partial charge in [-0.25, -0.2) is 0 Å². The summed E-state index contributed by atoms with van der Waals surface area (Å²) in [6.45, 7) is 2.09. The average molecular weight is 168 g/mol. The van der Waals surface area contributed by atoms with Gasteiger partial charge in [-0.1, -0.05) is 6.08 Å². The molecule has 0 aliphatic heterocycles. The van der Waals surface area contributed by atoms with Crippen molar-refractivity contribution < 1.29 is 9.53 Å². The van der Waals surface area contributed by atoms with E-state index in [1.165, 1.54) is 0 Å². The summed E-state index contributed by atoms with van der Waals surface area (Å²) in [6, 6.07) is 0. The highest BCUT2D eigenvalue weighted by molar-refractivity contribution is 5.73. The van der Waals surface area contributed by atoms with Crippen LogP contribution in [0.25, 0.3) is 0 Å². The third-order valence-corrected chi connectivity index (χ3v) is 2.67. The van der Waals surface area contributed by atoms with E-state index < -0.39 is 0 Å². The van der Waals surface area contributed by atoms with E-state index in [-0.39, 0.29) is 0 Å². The molecule has 1 aliphatic carbocycles. The Morgan fingerprint density at radius 2 is 2.50 bits per heavy atom. The van der Waals surface area contributed by atoms with Gasteiger partial charge in [0.05, 0.1) is 6.10 Å². The van der Waals surface area contributed by atoms with Crippen LogP contribution < -0.4 is 0 Å². The van der Waals surface area contributed by atoms with Gasteiger partial charge in [-0.3, -0.25) is 4.79 Å². The lowest BCUT2D eigenvalue weighted by Crippen LogP contribution is -2.21. The SMILES string of the molecule is COC(C)C1CC=C(C=O)CC1. The van der Waals surface area contributed by atoms with Crippen molar-refractivity contribution in [3.8, 4) is 0 Å². The fourth-order valence-electron chi connectivity index (χ4n) is 1.60. The van der Waals surface area contributed by atoms with E-state index in [1.54, 1.807) is 7.11 Å². The zero-order valence-corrected chi connectivity index (χ0v) is 7.75. The van der Waals surface area contributed by atoms with Crippen LogP contribution in [0.5, 0.6) is 0 Å². The van der Waals surface area contributed by atoms with Gasteiger partial charge in [-0.2, -0.15) is 0 Å². The molecule has 0 aromatic heterocycles. The predicted octanol–water partition coefficient (Wildman–Crippen LogP) is 1.95. The van der Waals surface area contributed by atoms with Crippen LogP contribution >= 0.6 is 0 Å². The molecule has 1 aliphatic rings. The third-order valence-electron chi connectivity index (χ3n) is 2.67. The van der Waals surface area contributed by atoms with Crippen LogP contribution in [0, 0.1) is 5.92 Å². The molecule has 0 heterocycles. The first-order valence-corrected chi connectivity index (χ1v) is 4.45. The quantitative estimate of drug-likeness (QED) is 0.602. The Balaban J connectivity index is 2.45. The Bertz CT molecular complexity index is 184. The summed E-state index contributed by atoms with van der Waals surface area (Å²) in [7, 11) is 1.74. The summed E-state index contributed by atoms with van der Waals surface area (Å²) in [5, 5.41) is 0. The maximum Gasteiger partial charge on any atom is 0.145 e. The molecule has 2 heteroatoms. The minimum absolute atomic E-state index is 0.314. The third kappa shape index (κ3) is 2.18. The molecule has 0 N–H and O–H groups in total. The van der Waals surface area contributed by atoms with Crippen LogP contribution in [0.1, 0.15) is 26.2 Å². The fourth-order valence-corrected chi connectivity index (χ4v) is 1.60. The highest BCUT2D eigenvalue weighted by atomic mass is 16.5. The predicted molar refractivity (Wildman–Crippen MR) is 48.0 cm³/mol. The second kappa shape index (κ2) is 4.41. The van der Waals surface area contributed by atoms with Crippen LogP contribution in [0.2, 0.25) is 0 Å². The molecular formula is C10H16O2. The van der Waals surface area contributed by atoms with Gasteiger partial charge in [-0.15, -0.1) is 0 Å². The van der Waals surface area contributed by atoms with E-state index in [0.717, 1.165) is 31.1 Å². The lowest BCUT2D eigenvalue weighted by atomic mass is 9.87. The minimum Gasteiger partial charge on any atom is -0.381 e. The van der Waals surface area contributed by atoms with Crippen LogP contribution in [0.4, 0.5) is 0 Å². The lowest BCUT2D eigenvalue weighted by molar-refractivity contribution is -0.105. The van der Waals surface area contributed by atoms with Crippen LogP contribution in [0.3, 0.4) is 0 Å². The molecule has 0 aromatic carbocycles. The van der Waals surface area contributed by atoms with Gasteiger partial charge in [-0.05, 0) is 37.7 Å². The summed E-state index contributed by atoms with van der Waals surface area (Å²) < 4.78 is 5.24. The molecular weight excluding hydrogens is 152 g/mol. The molecule has 1 rings (SSSR count). The second-order valence-electron chi connectivity index (χ2n) is 3.37. The van der Waals surface area contributed by atoms with Crippen molar-refractivity contribution in [3.63, 3.8) is 0 Å². The highest BCUT2D eigenvalue weighted by Crippen LogP contribution is 2.26. The largest absolute Gasteiger partial charge is 0.381 e. The Hall–Kier alpha value is -0.630. The highest BCUT2D eigenvalue weighted by Gasteiger charge is 2.19. The van der Waals surface area contributed by atoms with Gasteiger partial charge in [0.25, 0.3) is 0 Å². The standard InChI is InChI=1S/C10H16O2/c1-8(12-2)10-5-3-9(7-11)4-6-10/h3,7-8,10H,4-6H2,1-2H3. The molecule has 2 unspecified atom stereocenters. The summed E-state index contributed by atoms with van der Waals surface area (Å²) in [5.41, 5.74) is 0.953. The van der Waals surface area contributed by atoms with Crippen LogP contribution in [-0.2, 0) is 9.53 Å². The Kier molecular flexibility index (Phi) is 3.48. The number of hydrogen-bond donors (Lipinski definition) is 0. The van der Waals surface area contributed by atoms with E-state index >= 15 is 0 Å². The Morgan fingerprint density at radius 3 is 2.92 bits per heavy atom. The number of carbonyl (C=O) groups is 1. The van der Waals surface area contributed by atoms with Gasteiger partial charge in [0.2, 0.25) is 0 Å². The van der Waals surface area contributed by atoms with Gasteiger partial charge < -0.3 is 4.74 Å². The van der Waals surface area contributed by atoms with Gasteiger partial charge in [0.15, 0.2) is 0 Å². The molecule has 2 atom stereocenters. The van der Waals surface area contributed by atoms with Crippen molar-refractivity contribution in [2.24, 2.45) is 5.92 Å². The summed E-state index contributed by atoms with van der Waals surface area (Å²) >= 11 is 0. The van der Waals surface area contributed by atoms with Crippen molar-refractivity contribution in [3.05, 3.63) is 11.6 Å². The fraction of sp³-hybridized carbons (Fsp3) is 0.700. The van der Waals surface area contributed by atoms with E-state index in [1.807, 2.05) is 6.08 Å². The zero-order valence-electron chi connectivity index (χ0n) is 7.75. The maximum absolute atomic E-state index is 10.4. The molecule has 12 heavy (non-hydrogen) atoms. The van der Waals surface area contributed by atoms with E-state index in [9.17, 15) is 4.79 Å². The molecule has 0 saturated carbocycles. The first kappa shape index (κ1) is 9.46.